The van der Waals surface area contributed by atoms with Gasteiger partial charge in [0.15, 0.2) is 5.65 Å². The molecule has 5 rings (SSSR count). The molecule has 2 aromatic heterocycles. The Morgan fingerprint density at radius 1 is 1.06 bits per heavy atom. The highest BCUT2D eigenvalue weighted by Crippen LogP contribution is 2.36. The molecule has 168 valence electrons. The third-order valence-electron chi connectivity index (χ3n) is 6.10. The number of benzene rings is 2. The second-order valence-electron chi connectivity index (χ2n) is 8.20. The summed E-state index contributed by atoms with van der Waals surface area (Å²) in [5.74, 6) is 2.19. The highest BCUT2D eigenvalue weighted by molar-refractivity contribution is 6.36. The summed E-state index contributed by atoms with van der Waals surface area (Å²) in [6.45, 7) is 2.03. The van der Waals surface area contributed by atoms with Gasteiger partial charge >= 0.3 is 0 Å². The second kappa shape index (κ2) is 9.32. The van der Waals surface area contributed by atoms with Crippen molar-refractivity contribution in [3.63, 3.8) is 0 Å². The van der Waals surface area contributed by atoms with Crippen LogP contribution in [0.25, 0.3) is 11.0 Å². The lowest BCUT2D eigenvalue weighted by molar-refractivity contribution is 0.476. The van der Waals surface area contributed by atoms with E-state index >= 15 is 0 Å². The average Bonchev–Trinajstić information content (AvgIpc) is 3.50. The Hall–Kier alpha value is -3.25. The lowest BCUT2D eigenvalue weighted by Gasteiger charge is -2.12. The van der Waals surface area contributed by atoms with E-state index in [9.17, 15) is 0 Å². The predicted octanol–water partition coefficient (Wildman–Crippen LogP) is 6.42. The van der Waals surface area contributed by atoms with Gasteiger partial charge in [-0.05, 0) is 37.1 Å². The second-order valence-corrected chi connectivity index (χ2v) is 8.56. The Morgan fingerprint density at radius 2 is 1.79 bits per heavy atom. The molecule has 2 aromatic carbocycles. The van der Waals surface area contributed by atoms with Crippen molar-refractivity contribution in [3.8, 4) is 11.5 Å². The standard InChI is InChI=1S/C26H26ClN5O/c1-3-21-29-25(27)22-24(31-32(26(22)30-21)17-11-7-8-12-17)23(28-2)19-15-9-10-16-20(19)33-18-13-5-4-6-14-18/h4-6,9-10,13-17H,3,7-8,11-12H2,1-2H3/b28-23+. The van der Waals surface area contributed by atoms with Crippen LogP contribution in [0.1, 0.15) is 55.7 Å². The van der Waals surface area contributed by atoms with Gasteiger partial charge in [-0.15, -0.1) is 0 Å². The van der Waals surface area contributed by atoms with Gasteiger partial charge in [0.2, 0.25) is 0 Å². The van der Waals surface area contributed by atoms with Crippen molar-refractivity contribution in [1.29, 1.82) is 0 Å². The van der Waals surface area contributed by atoms with Crippen molar-refractivity contribution in [2.24, 2.45) is 4.99 Å². The fourth-order valence-electron chi connectivity index (χ4n) is 4.49. The minimum absolute atomic E-state index is 0.311. The number of aryl methyl sites for hydroxylation is 1. The van der Waals surface area contributed by atoms with Gasteiger partial charge in [0, 0.05) is 19.0 Å². The topological polar surface area (TPSA) is 65.2 Å². The molecule has 0 N–H and O–H groups in total. The molecule has 0 radical (unpaired) electrons. The zero-order valence-corrected chi connectivity index (χ0v) is 19.6. The number of aliphatic imine (C=N–C) groups is 1. The first-order valence-corrected chi connectivity index (χ1v) is 11.8. The first-order chi connectivity index (χ1) is 16.2. The summed E-state index contributed by atoms with van der Waals surface area (Å²) in [7, 11) is 1.77. The van der Waals surface area contributed by atoms with Crippen LogP contribution < -0.4 is 4.74 Å². The number of hydrogen-bond acceptors (Lipinski definition) is 5. The molecule has 2 heterocycles. The zero-order valence-electron chi connectivity index (χ0n) is 18.8. The van der Waals surface area contributed by atoms with E-state index in [2.05, 4.69) is 14.7 Å². The molecule has 0 saturated heterocycles. The third kappa shape index (κ3) is 4.11. The number of fused-ring (bicyclic) bond motifs is 1. The Morgan fingerprint density at radius 3 is 2.52 bits per heavy atom. The predicted molar refractivity (Wildman–Crippen MR) is 132 cm³/mol. The molecule has 7 heteroatoms. The molecule has 6 nitrogen and oxygen atoms in total. The maximum Gasteiger partial charge on any atom is 0.164 e. The first kappa shape index (κ1) is 21.6. The molecule has 0 amide bonds. The van der Waals surface area contributed by atoms with Gasteiger partial charge in [-0.3, -0.25) is 4.99 Å². The maximum absolute atomic E-state index is 6.73. The van der Waals surface area contributed by atoms with Crippen molar-refractivity contribution < 1.29 is 4.74 Å². The lowest BCUT2D eigenvalue weighted by atomic mass is 10.0. The van der Waals surface area contributed by atoms with Crippen molar-refractivity contribution in [2.45, 2.75) is 45.1 Å². The van der Waals surface area contributed by atoms with Crippen LogP contribution in [0.3, 0.4) is 0 Å². The van der Waals surface area contributed by atoms with E-state index in [1.165, 1.54) is 12.8 Å². The van der Waals surface area contributed by atoms with E-state index < -0.39 is 0 Å². The Balaban J connectivity index is 1.67. The van der Waals surface area contributed by atoms with Crippen LogP contribution in [0.15, 0.2) is 59.6 Å². The number of rotatable bonds is 6. The molecule has 1 aliphatic carbocycles. The van der Waals surface area contributed by atoms with E-state index in [4.69, 9.17) is 26.4 Å². The number of para-hydroxylation sites is 2. The molecule has 4 aromatic rings. The number of ether oxygens (including phenoxy) is 1. The van der Waals surface area contributed by atoms with Crippen LogP contribution >= 0.6 is 11.6 Å². The van der Waals surface area contributed by atoms with Crippen LogP contribution in [0, 0.1) is 0 Å². The summed E-state index contributed by atoms with van der Waals surface area (Å²) < 4.78 is 8.27. The number of halogens is 1. The summed E-state index contributed by atoms with van der Waals surface area (Å²) in [5, 5.41) is 6.21. The molecule has 1 fully saturated rings. The van der Waals surface area contributed by atoms with Crippen molar-refractivity contribution in [2.75, 3.05) is 7.05 Å². The molecule has 0 unspecified atom stereocenters. The van der Waals surface area contributed by atoms with Crippen LogP contribution in [-0.4, -0.2) is 32.5 Å². The molecule has 0 aliphatic heterocycles. The quantitative estimate of drug-likeness (QED) is 0.246. The Kier molecular flexibility index (Phi) is 6.09. The van der Waals surface area contributed by atoms with E-state index in [1.54, 1.807) is 7.05 Å². The monoisotopic (exact) mass is 459 g/mol. The van der Waals surface area contributed by atoms with Gasteiger partial charge in [-0.1, -0.05) is 61.7 Å². The van der Waals surface area contributed by atoms with Crippen LogP contribution in [0.4, 0.5) is 0 Å². The van der Waals surface area contributed by atoms with E-state index in [0.717, 1.165) is 41.0 Å². The fourth-order valence-corrected chi connectivity index (χ4v) is 4.76. The van der Waals surface area contributed by atoms with Gasteiger partial charge in [0.1, 0.15) is 28.2 Å². The first-order valence-electron chi connectivity index (χ1n) is 11.4. The summed E-state index contributed by atoms with van der Waals surface area (Å²) in [6, 6.07) is 17.9. The van der Waals surface area contributed by atoms with Gasteiger partial charge in [-0.25, -0.2) is 14.6 Å². The summed E-state index contributed by atoms with van der Waals surface area (Å²) >= 11 is 6.73. The van der Waals surface area contributed by atoms with E-state index in [-0.39, 0.29) is 0 Å². The van der Waals surface area contributed by atoms with Gasteiger partial charge in [-0.2, -0.15) is 5.10 Å². The molecule has 1 aliphatic rings. The molecule has 0 bridgehead atoms. The van der Waals surface area contributed by atoms with Crippen LogP contribution in [0.2, 0.25) is 5.15 Å². The Labute approximate surface area is 198 Å². The van der Waals surface area contributed by atoms with Gasteiger partial charge in [0.05, 0.1) is 17.1 Å². The highest BCUT2D eigenvalue weighted by atomic mass is 35.5. The SMILES string of the molecule is CCc1nc(Cl)c2c(/C(=N/C)c3ccccc3Oc3ccccc3)nn(C3CCCC3)c2n1. The fraction of sp³-hybridized carbons (Fsp3) is 0.308. The van der Waals surface area contributed by atoms with E-state index in [1.807, 2.05) is 61.5 Å². The molecule has 33 heavy (non-hydrogen) atoms. The summed E-state index contributed by atoms with van der Waals surface area (Å²) in [5.41, 5.74) is 3.03. The minimum Gasteiger partial charge on any atom is -0.457 e. The number of nitrogens with zero attached hydrogens (tertiary/aromatic N) is 5. The van der Waals surface area contributed by atoms with Crippen LogP contribution in [-0.2, 0) is 6.42 Å². The highest BCUT2D eigenvalue weighted by Gasteiger charge is 2.28. The largest absolute Gasteiger partial charge is 0.457 e. The maximum atomic E-state index is 6.73. The number of aromatic nitrogens is 4. The normalized spacial score (nSPS) is 14.8. The third-order valence-corrected chi connectivity index (χ3v) is 6.38. The molecular formula is C26H26ClN5O. The zero-order chi connectivity index (χ0) is 22.8. The molecular weight excluding hydrogens is 434 g/mol. The molecule has 0 atom stereocenters. The number of hydrogen-bond donors (Lipinski definition) is 0. The summed E-state index contributed by atoms with van der Waals surface area (Å²) in [6.07, 6.45) is 5.28. The Bertz CT molecular complexity index is 1310. The average molecular weight is 460 g/mol. The molecule has 1 saturated carbocycles. The smallest absolute Gasteiger partial charge is 0.164 e. The van der Waals surface area contributed by atoms with Crippen LogP contribution in [0.5, 0.6) is 11.5 Å². The molecule has 0 spiro atoms. The van der Waals surface area contributed by atoms with E-state index in [0.29, 0.717) is 34.8 Å². The van der Waals surface area contributed by atoms with Crippen molar-refractivity contribution in [3.05, 3.63) is 76.8 Å². The van der Waals surface area contributed by atoms with Gasteiger partial charge < -0.3 is 4.74 Å². The van der Waals surface area contributed by atoms with Crippen molar-refractivity contribution in [1.82, 2.24) is 19.7 Å². The summed E-state index contributed by atoms with van der Waals surface area (Å²) in [4.78, 5) is 14.0. The van der Waals surface area contributed by atoms with Gasteiger partial charge in [0.25, 0.3) is 0 Å². The lowest BCUT2D eigenvalue weighted by Crippen LogP contribution is -2.11. The minimum atomic E-state index is 0.311. The van der Waals surface area contributed by atoms with Crippen molar-refractivity contribution >= 4 is 28.3 Å².